The molecular formula is C20H22O4. The molecule has 2 aromatic rings. The number of ether oxygens (including phenoxy) is 2. The molecule has 24 heavy (non-hydrogen) atoms. The molecule has 0 saturated heterocycles. The summed E-state index contributed by atoms with van der Waals surface area (Å²) in [6, 6.07) is 15.5. The van der Waals surface area contributed by atoms with Crippen LogP contribution in [0, 0.1) is 0 Å². The first-order chi connectivity index (χ1) is 11.3. The molecule has 0 heterocycles. The summed E-state index contributed by atoms with van der Waals surface area (Å²) in [6.07, 6.45) is -0.142. The fraction of sp³-hybridized carbons (Fsp3) is 0.300. The summed E-state index contributed by atoms with van der Waals surface area (Å²) in [6.45, 7) is 5.98. The van der Waals surface area contributed by atoms with Gasteiger partial charge >= 0.3 is 0 Å². The van der Waals surface area contributed by atoms with E-state index in [4.69, 9.17) is 9.47 Å². The number of carbonyl (C=O) groups is 2. The molecule has 4 nitrogen and oxygen atoms in total. The summed E-state index contributed by atoms with van der Waals surface area (Å²) in [5.41, 5.74) is 0.766. The number of hydrogen-bond acceptors (Lipinski definition) is 4. The largest absolute Gasteiger partial charge is 0.468 e. The van der Waals surface area contributed by atoms with E-state index >= 15 is 0 Å². The van der Waals surface area contributed by atoms with Crippen molar-refractivity contribution >= 4 is 11.6 Å². The Balaban J connectivity index is 1.90. The maximum atomic E-state index is 12.2. The van der Waals surface area contributed by atoms with Gasteiger partial charge < -0.3 is 9.47 Å². The summed E-state index contributed by atoms with van der Waals surface area (Å²) in [4.78, 5) is 24.3. The van der Waals surface area contributed by atoms with Crippen molar-refractivity contribution in [2.45, 2.75) is 32.8 Å². The lowest BCUT2D eigenvalue weighted by molar-refractivity contribution is -0.0758. The molecule has 126 valence electrons. The van der Waals surface area contributed by atoms with Crippen LogP contribution in [0.1, 0.15) is 47.9 Å². The minimum atomic E-state index is -0.270. The van der Waals surface area contributed by atoms with Crippen molar-refractivity contribution in [1.82, 2.24) is 0 Å². The fourth-order valence-corrected chi connectivity index (χ4v) is 1.99. The smallest absolute Gasteiger partial charge is 0.189 e. The van der Waals surface area contributed by atoms with Gasteiger partial charge in [-0.3, -0.25) is 9.59 Å². The normalized spacial score (nSPS) is 11.1. The number of carbonyl (C=O) groups excluding carboxylic acids is 2. The quantitative estimate of drug-likeness (QED) is 0.432. The molecular weight excluding hydrogens is 304 g/mol. The standard InChI is InChI=1S/C20H22O4/c1-20(2,3)24-14-23-17-11-9-16(10-12-17)19(22)13-18(21)15-7-5-4-6-8-15/h4-12H,13-14H2,1-3H3. The van der Waals surface area contributed by atoms with Crippen LogP contribution in [0.5, 0.6) is 5.75 Å². The molecule has 0 aliphatic rings. The molecule has 2 aromatic carbocycles. The van der Waals surface area contributed by atoms with Crippen molar-refractivity contribution in [2.24, 2.45) is 0 Å². The summed E-state index contributed by atoms with van der Waals surface area (Å²) >= 11 is 0. The van der Waals surface area contributed by atoms with Crippen LogP contribution in [0.25, 0.3) is 0 Å². The third-order valence-corrected chi connectivity index (χ3v) is 3.31. The number of rotatable bonds is 7. The van der Waals surface area contributed by atoms with Crippen LogP contribution in [-0.2, 0) is 4.74 Å². The lowest BCUT2D eigenvalue weighted by Gasteiger charge is -2.19. The molecule has 0 amide bonds. The molecule has 0 aliphatic heterocycles. The molecule has 0 unspecified atom stereocenters. The van der Waals surface area contributed by atoms with E-state index in [1.807, 2.05) is 26.8 Å². The lowest BCUT2D eigenvalue weighted by atomic mass is 10.0. The van der Waals surface area contributed by atoms with Gasteiger partial charge in [-0.25, -0.2) is 0 Å². The molecule has 0 saturated carbocycles. The summed E-state index contributed by atoms with van der Waals surface area (Å²) in [5, 5.41) is 0. The van der Waals surface area contributed by atoms with Gasteiger partial charge in [-0.1, -0.05) is 30.3 Å². The summed E-state index contributed by atoms with van der Waals surface area (Å²) in [5.74, 6) is 0.228. The van der Waals surface area contributed by atoms with E-state index in [0.717, 1.165) is 0 Å². The van der Waals surface area contributed by atoms with Crippen molar-refractivity contribution in [3.05, 3.63) is 65.7 Å². The average molecular weight is 326 g/mol. The Morgan fingerprint density at radius 1 is 0.833 bits per heavy atom. The van der Waals surface area contributed by atoms with Crippen LogP contribution in [0.2, 0.25) is 0 Å². The van der Waals surface area contributed by atoms with Crippen molar-refractivity contribution < 1.29 is 19.1 Å². The zero-order chi connectivity index (χ0) is 17.6. The Morgan fingerprint density at radius 3 is 1.92 bits per heavy atom. The highest BCUT2D eigenvalue weighted by atomic mass is 16.7. The highest BCUT2D eigenvalue weighted by molar-refractivity contribution is 6.13. The molecule has 0 aliphatic carbocycles. The maximum absolute atomic E-state index is 12.2. The maximum Gasteiger partial charge on any atom is 0.189 e. The molecule has 0 atom stereocenters. The van der Waals surface area contributed by atoms with Gasteiger partial charge in [0.15, 0.2) is 18.4 Å². The number of ketones is 2. The second-order valence-electron chi connectivity index (χ2n) is 6.43. The van der Waals surface area contributed by atoms with Crippen LogP contribution >= 0.6 is 0 Å². The molecule has 0 radical (unpaired) electrons. The minimum Gasteiger partial charge on any atom is -0.468 e. The van der Waals surface area contributed by atoms with Crippen molar-refractivity contribution in [1.29, 1.82) is 0 Å². The Morgan fingerprint density at radius 2 is 1.38 bits per heavy atom. The predicted molar refractivity (Wildman–Crippen MR) is 92.5 cm³/mol. The third-order valence-electron chi connectivity index (χ3n) is 3.31. The fourth-order valence-electron chi connectivity index (χ4n) is 1.99. The van der Waals surface area contributed by atoms with Gasteiger partial charge in [0, 0.05) is 11.1 Å². The van der Waals surface area contributed by atoms with Crippen molar-refractivity contribution in [2.75, 3.05) is 6.79 Å². The van der Waals surface area contributed by atoms with Gasteiger partial charge in [0.25, 0.3) is 0 Å². The first kappa shape index (κ1) is 17.9. The summed E-state index contributed by atoms with van der Waals surface area (Å²) < 4.78 is 10.9. The van der Waals surface area contributed by atoms with Crippen LogP contribution in [0.4, 0.5) is 0 Å². The van der Waals surface area contributed by atoms with Gasteiger partial charge in [-0.2, -0.15) is 0 Å². The second-order valence-corrected chi connectivity index (χ2v) is 6.43. The van der Waals surface area contributed by atoms with Gasteiger partial charge in [-0.15, -0.1) is 0 Å². The molecule has 0 fully saturated rings. The van der Waals surface area contributed by atoms with E-state index in [1.165, 1.54) is 0 Å². The highest BCUT2D eigenvalue weighted by Crippen LogP contribution is 2.16. The van der Waals surface area contributed by atoms with E-state index in [1.54, 1.807) is 48.5 Å². The molecule has 0 N–H and O–H groups in total. The van der Waals surface area contributed by atoms with Crippen molar-refractivity contribution in [3.8, 4) is 5.75 Å². The van der Waals surface area contributed by atoms with Gasteiger partial charge in [0.2, 0.25) is 0 Å². The molecule has 0 spiro atoms. The van der Waals surface area contributed by atoms with E-state index in [-0.39, 0.29) is 30.4 Å². The minimum absolute atomic E-state index is 0.142. The number of Topliss-reactive ketones (excluding diaryl/α,β-unsaturated/α-hetero) is 2. The monoisotopic (exact) mass is 326 g/mol. The highest BCUT2D eigenvalue weighted by Gasteiger charge is 2.14. The van der Waals surface area contributed by atoms with Crippen LogP contribution in [-0.4, -0.2) is 24.0 Å². The van der Waals surface area contributed by atoms with Crippen LogP contribution in [0.3, 0.4) is 0 Å². The molecule has 0 bridgehead atoms. The van der Waals surface area contributed by atoms with E-state index < -0.39 is 0 Å². The zero-order valence-corrected chi connectivity index (χ0v) is 14.2. The molecule has 0 aromatic heterocycles. The van der Waals surface area contributed by atoms with E-state index in [2.05, 4.69) is 0 Å². The van der Waals surface area contributed by atoms with Crippen LogP contribution < -0.4 is 4.74 Å². The van der Waals surface area contributed by atoms with Gasteiger partial charge in [-0.05, 0) is 45.0 Å². The lowest BCUT2D eigenvalue weighted by Crippen LogP contribution is -2.22. The zero-order valence-electron chi connectivity index (χ0n) is 14.2. The third kappa shape index (κ3) is 5.63. The second kappa shape index (κ2) is 7.88. The Hall–Kier alpha value is -2.46. The topological polar surface area (TPSA) is 52.6 Å². The van der Waals surface area contributed by atoms with E-state index in [9.17, 15) is 9.59 Å². The first-order valence-corrected chi connectivity index (χ1v) is 7.83. The summed E-state index contributed by atoms with van der Waals surface area (Å²) in [7, 11) is 0. The van der Waals surface area contributed by atoms with Gasteiger partial charge in [0.05, 0.1) is 12.0 Å². The van der Waals surface area contributed by atoms with Gasteiger partial charge in [0.1, 0.15) is 5.75 Å². The number of hydrogen-bond donors (Lipinski definition) is 0. The number of benzene rings is 2. The molecule has 4 heteroatoms. The average Bonchev–Trinajstić information content (AvgIpc) is 2.55. The SMILES string of the molecule is CC(C)(C)OCOc1ccc(C(=O)CC(=O)c2ccccc2)cc1. The predicted octanol–water partition coefficient (Wildman–Crippen LogP) is 4.29. The van der Waals surface area contributed by atoms with Crippen molar-refractivity contribution in [3.63, 3.8) is 0 Å². The van der Waals surface area contributed by atoms with Crippen LogP contribution in [0.15, 0.2) is 54.6 Å². The Kier molecular flexibility index (Phi) is 5.88. The Bertz CT molecular complexity index is 682. The molecule has 2 rings (SSSR count). The first-order valence-electron chi connectivity index (χ1n) is 7.83. The van der Waals surface area contributed by atoms with E-state index in [0.29, 0.717) is 16.9 Å². The Labute approximate surface area is 142 Å².